The van der Waals surface area contributed by atoms with E-state index in [9.17, 15) is 18.5 Å². The SMILES string of the molecule is CN(C)CC[C@H](CSc1ccccc1)N=C1CC=C(S(N)(=O)=O)C=C1[N+](=O)[O-]. The number of benzene rings is 1. The average molecular weight is 425 g/mol. The lowest BCUT2D eigenvalue weighted by molar-refractivity contribution is -0.415. The van der Waals surface area contributed by atoms with Crippen LogP contribution in [0.15, 0.2) is 63.0 Å². The first-order chi connectivity index (χ1) is 13.2. The monoisotopic (exact) mass is 424 g/mol. The second-order valence-electron chi connectivity index (χ2n) is 6.59. The van der Waals surface area contributed by atoms with Gasteiger partial charge in [0.05, 0.1) is 15.9 Å². The van der Waals surface area contributed by atoms with Gasteiger partial charge in [-0.25, -0.2) is 13.6 Å². The summed E-state index contributed by atoms with van der Waals surface area (Å²) in [5, 5.41) is 16.5. The van der Waals surface area contributed by atoms with E-state index in [4.69, 9.17) is 5.14 Å². The third kappa shape index (κ3) is 6.86. The zero-order valence-electron chi connectivity index (χ0n) is 15.8. The number of primary sulfonamides is 1. The van der Waals surface area contributed by atoms with E-state index in [1.807, 2.05) is 49.3 Å². The Labute approximate surface area is 169 Å². The Kier molecular flexibility index (Phi) is 7.93. The van der Waals surface area contributed by atoms with Gasteiger partial charge in [0.25, 0.3) is 5.70 Å². The molecule has 0 aromatic heterocycles. The first-order valence-corrected chi connectivity index (χ1v) is 11.2. The number of hydrogen-bond donors (Lipinski definition) is 1. The minimum atomic E-state index is -4.00. The Bertz CT molecular complexity index is 893. The zero-order chi connectivity index (χ0) is 20.7. The number of sulfonamides is 1. The predicted octanol–water partition coefficient (Wildman–Crippen LogP) is 2.28. The van der Waals surface area contributed by atoms with Crippen molar-refractivity contribution in [1.82, 2.24) is 4.90 Å². The van der Waals surface area contributed by atoms with E-state index in [1.54, 1.807) is 11.8 Å². The summed E-state index contributed by atoms with van der Waals surface area (Å²) in [6.07, 6.45) is 3.15. The van der Waals surface area contributed by atoms with E-state index in [1.165, 1.54) is 6.08 Å². The lowest BCUT2D eigenvalue weighted by atomic mass is 10.1. The van der Waals surface area contributed by atoms with Gasteiger partial charge in [0.15, 0.2) is 0 Å². The standard InChI is InChI=1S/C18H24N4O4S2/c1-21(2)11-10-14(13-27-15-6-4-3-5-7-15)20-17-9-8-16(28(19,25)26)12-18(17)22(23)24/h3-8,12,14H,9-11,13H2,1-2H3,(H2,19,25,26)/t14-/m1/s1. The molecule has 0 bridgehead atoms. The second-order valence-corrected chi connectivity index (χ2v) is 9.24. The number of aliphatic imine (C=N–C) groups is 1. The molecule has 1 aliphatic carbocycles. The lowest BCUT2D eigenvalue weighted by Crippen LogP contribution is -2.24. The summed E-state index contributed by atoms with van der Waals surface area (Å²) in [6.45, 7) is 0.784. The quantitative estimate of drug-likeness (QED) is 0.369. The number of hydrogen-bond acceptors (Lipinski definition) is 7. The Morgan fingerprint density at radius 2 is 2.00 bits per heavy atom. The highest BCUT2D eigenvalue weighted by molar-refractivity contribution is 7.99. The van der Waals surface area contributed by atoms with Gasteiger partial charge < -0.3 is 4.90 Å². The van der Waals surface area contributed by atoms with E-state index in [-0.39, 0.29) is 28.8 Å². The fourth-order valence-corrected chi connectivity index (χ4v) is 4.14. The number of rotatable bonds is 9. The van der Waals surface area contributed by atoms with Gasteiger partial charge in [-0.3, -0.25) is 15.1 Å². The van der Waals surface area contributed by atoms with Crippen molar-refractivity contribution >= 4 is 27.5 Å². The van der Waals surface area contributed by atoms with Crippen LogP contribution in [0.1, 0.15) is 12.8 Å². The molecule has 0 saturated carbocycles. The van der Waals surface area contributed by atoms with Crippen molar-refractivity contribution < 1.29 is 13.3 Å². The summed E-state index contributed by atoms with van der Waals surface area (Å²) in [5.74, 6) is 0.665. The molecule has 152 valence electrons. The summed E-state index contributed by atoms with van der Waals surface area (Å²) in [6, 6.07) is 9.72. The van der Waals surface area contributed by atoms with Crippen LogP contribution in [0.5, 0.6) is 0 Å². The first kappa shape index (κ1) is 22.3. The van der Waals surface area contributed by atoms with Gasteiger partial charge in [0.1, 0.15) is 5.71 Å². The van der Waals surface area contributed by atoms with Crippen molar-refractivity contribution in [2.45, 2.75) is 23.8 Å². The molecule has 0 fully saturated rings. The van der Waals surface area contributed by atoms with E-state index < -0.39 is 14.9 Å². The Hall–Kier alpha value is -2.01. The molecular weight excluding hydrogens is 400 g/mol. The van der Waals surface area contributed by atoms with E-state index in [2.05, 4.69) is 4.99 Å². The molecule has 8 nitrogen and oxygen atoms in total. The molecule has 1 aliphatic rings. The van der Waals surface area contributed by atoms with E-state index >= 15 is 0 Å². The maximum atomic E-state index is 11.5. The molecule has 1 aromatic rings. The summed E-state index contributed by atoms with van der Waals surface area (Å²) >= 11 is 1.64. The smallest absolute Gasteiger partial charge is 0.291 e. The maximum absolute atomic E-state index is 11.5. The van der Waals surface area contributed by atoms with Gasteiger partial charge in [-0.15, -0.1) is 11.8 Å². The van der Waals surface area contributed by atoms with Crippen LogP contribution in [-0.4, -0.2) is 56.4 Å². The number of allylic oxidation sites excluding steroid dienone is 3. The van der Waals surface area contributed by atoms with Crippen LogP contribution in [0.3, 0.4) is 0 Å². The Morgan fingerprint density at radius 3 is 2.57 bits per heavy atom. The molecule has 1 atom stereocenters. The van der Waals surface area contributed by atoms with E-state index in [0.717, 1.165) is 23.9 Å². The molecule has 0 heterocycles. The largest absolute Gasteiger partial charge is 0.309 e. The van der Waals surface area contributed by atoms with Crippen molar-refractivity contribution in [3.63, 3.8) is 0 Å². The van der Waals surface area contributed by atoms with Crippen LogP contribution < -0.4 is 5.14 Å². The highest BCUT2D eigenvalue weighted by Gasteiger charge is 2.27. The fourth-order valence-electron chi connectivity index (χ4n) is 2.58. The van der Waals surface area contributed by atoms with Crippen LogP contribution in [0.2, 0.25) is 0 Å². The predicted molar refractivity (Wildman–Crippen MR) is 112 cm³/mol. The van der Waals surface area contributed by atoms with E-state index in [0.29, 0.717) is 5.75 Å². The van der Waals surface area contributed by atoms with Crippen molar-refractivity contribution in [2.75, 3.05) is 26.4 Å². The normalized spacial score (nSPS) is 17.4. The third-order valence-corrected chi connectivity index (χ3v) is 6.13. The van der Waals surface area contributed by atoms with Gasteiger partial charge in [0, 0.05) is 23.1 Å². The summed E-state index contributed by atoms with van der Waals surface area (Å²) in [5.41, 5.74) is -0.0408. The van der Waals surface area contributed by atoms with Gasteiger partial charge >= 0.3 is 0 Å². The first-order valence-electron chi connectivity index (χ1n) is 8.65. The minimum absolute atomic E-state index is 0.0625. The van der Waals surface area contributed by atoms with Crippen LogP contribution in [0.4, 0.5) is 0 Å². The fraction of sp³-hybridized carbons (Fsp3) is 0.389. The van der Waals surface area contributed by atoms with Gasteiger partial charge in [-0.1, -0.05) is 24.3 Å². The maximum Gasteiger partial charge on any atom is 0.291 e. The average Bonchev–Trinajstić information content (AvgIpc) is 2.63. The van der Waals surface area contributed by atoms with Crippen LogP contribution in [-0.2, 0) is 10.0 Å². The molecule has 0 radical (unpaired) electrons. The molecule has 0 unspecified atom stereocenters. The topological polar surface area (TPSA) is 119 Å². The number of nitrogens with zero attached hydrogens (tertiary/aromatic N) is 3. The minimum Gasteiger partial charge on any atom is -0.309 e. The highest BCUT2D eigenvalue weighted by Crippen LogP contribution is 2.23. The third-order valence-electron chi connectivity index (χ3n) is 4.03. The molecule has 0 saturated heterocycles. The van der Waals surface area contributed by atoms with Gasteiger partial charge in [0.2, 0.25) is 10.0 Å². The molecule has 0 amide bonds. The number of thioether (sulfide) groups is 1. The van der Waals surface area contributed by atoms with Gasteiger partial charge in [-0.2, -0.15) is 0 Å². The molecular formula is C18H24N4O4S2. The number of nitrogens with two attached hydrogens (primary N) is 1. The molecule has 2 N–H and O–H groups in total. The molecule has 10 heteroatoms. The van der Waals surface area contributed by atoms with Crippen molar-refractivity contribution in [2.24, 2.45) is 10.1 Å². The summed E-state index contributed by atoms with van der Waals surface area (Å²) in [4.78, 5) is 18.3. The molecule has 2 rings (SSSR count). The highest BCUT2D eigenvalue weighted by atomic mass is 32.2. The molecule has 28 heavy (non-hydrogen) atoms. The molecule has 0 spiro atoms. The second kappa shape index (κ2) is 9.97. The van der Waals surface area contributed by atoms with Crippen molar-refractivity contribution in [3.8, 4) is 0 Å². The summed E-state index contributed by atoms with van der Waals surface area (Å²) < 4.78 is 23.0. The van der Waals surface area contributed by atoms with Crippen LogP contribution >= 0.6 is 11.8 Å². The Balaban J connectivity index is 2.24. The van der Waals surface area contributed by atoms with Crippen molar-refractivity contribution in [3.05, 3.63) is 63.2 Å². The molecule has 0 aliphatic heterocycles. The molecule has 1 aromatic carbocycles. The zero-order valence-corrected chi connectivity index (χ0v) is 17.4. The van der Waals surface area contributed by atoms with Crippen LogP contribution in [0, 0.1) is 10.1 Å². The van der Waals surface area contributed by atoms with Gasteiger partial charge in [-0.05, 0) is 39.2 Å². The Morgan fingerprint density at radius 1 is 1.32 bits per heavy atom. The van der Waals surface area contributed by atoms with Crippen LogP contribution in [0.25, 0.3) is 0 Å². The lowest BCUT2D eigenvalue weighted by Gasteiger charge is -2.18. The van der Waals surface area contributed by atoms with Crippen molar-refractivity contribution in [1.29, 1.82) is 0 Å². The number of nitro groups is 1. The summed E-state index contributed by atoms with van der Waals surface area (Å²) in [7, 11) is -0.0835.